The predicted octanol–water partition coefficient (Wildman–Crippen LogP) is 4.06. The number of methoxy groups -OCH3 is 1. The summed E-state index contributed by atoms with van der Waals surface area (Å²) in [6.07, 6.45) is 5.71. The quantitative estimate of drug-likeness (QED) is 0.410. The molecule has 198 valence electrons. The van der Waals surface area contributed by atoms with E-state index in [0.717, 1.165) is 5.57 Å². The smallest absolute Gasteiger partial charge is 0.457 e. The van der Waals surface area contributed by atoms with Crippen LogP contribution in [0.15, 0.2) is 23.8 Å². The molecule has 1 unspecified atom stereocenters. The van der Waals surface area contributed by atoms with Gasteiger partial charge in [-0.25, -0.2) is 4.79 Å². The number of rotatable bonds is 6. The number of carbonyl (C=O) groups is 4. The van der Waals surface area contributed by atoms with Crippen LogP contribution < -0.4 is 0 Å². The van der Waals surface area contributed by atoms with E-state index < -0.39 is 51.9 Å². The van der Waals surface area contributed by atoms with Gasteiger partial charge in [-0.3, -0.25) is 14.4 Å². The summed E-state index contributed by atoms with van der Waals surface area (Å²) in [6.45, 7) is 5.11. The van der Waals surface area contributed by atoms with Crippen molar-refractivity contribution in [3.63, 3.8) is 0 Å². The monoisotopic (exact) mass is 522 g/mol. The molecule has 0 heterocycles. The van der Waals surface area contributed by atoms with Gasteiger partial charge in [0.2, 0.25) is 5.78 Å². The second-order valence-electron chi connectivity index (χ2n) is 11.0. The standard InChI is InChI=1S/C27H35ClO8/c1-5-6-22(32)35-15-21(31)26(36-23(33)34-4)12-10-18-19-8-7-16-13-17(29)9-11-24(16,2)27(19,28)20(30)14-25(18,26)3/h9,11,13,18-20,30H,5-8,10,12,14-15H2,1-4H3/t18-,19-,20?,24-,25-,26-,27-/m0/s1. The Hall–Kier alpha value is -2.19. The Bertz CT molecular complexity index is 1030. The van der Waals surface area contributed by atoms with Crippen molar-refractivity contribution in [2.75, 3.05) is 13.7 Å². The zero-order chi connectivity index (χ0) is 26.5. The fraction of sp³-hybridized carbons (Fsp3) is 0.704. The number of aliphatic hydroxyl groups is 1. The molecule has 0 aliphatic heterocycles. The fourth-order valence-corrected chi connectivity index (χ4v) is 8.13. The van der Waals surface area contributed by atoms with E-state index in [2.05, 4.69) is 0 Å². The van der Waals surface area contributed by atoms with Crippen LogP contribution in [0, 0.1) is 22.7 Å². The summed E-state index contributed by atoms with van der Waals surface area (Å²) in [5, 5.41) is 11.7. The zero-order valence-corrected chi connectivity index (χ0v) is 22.1. The van der Waals surface area contributed by atoms with Crippen LogP contribution in [-0.4, -0.2) is 59.1 Å². The molecule has 9 heteroatoms. The maximum Gasteiger partial charge on any atom is 0.509 e. The van der Waals surface area contributed by atoms with Gasteiger partial charge in [-0.05, 0) is 62.5 Å². The number of alkyl halides is 1. The van der Waals surface area contributed by atoms with Crippen molar-refractivity contribution in [1.29, 1.82) is 0 Å². The molecule has 0 aromatic heterocycles. The number of allylic oxidation sites excluding steroid dienone is 4. The molecule has 0 saturated heterocycles. The molecule has 0 aromatic rings. The highest BCUT2D eigenvalue weighted by molar-refractivity contribution is 6.26. The van der Waals surface area contributed by atoms with Crippen LogP contribution in [0.5, 0.6) is 0 Å². The number of Topliss-reactive ketones (excluding diaryl/α,β-unsaturated/α-hetero) is 1. The van der Waals surface area contributed by atoms with Gasteiger partial charge in [0.1, 0.15) is 0 Å². The first-order chi connectivity index (χ1) is 16.9. The SMILES string of the molecule is CCCC(=O)OCC(=O)[C@@]1(OC(=O)OC)CC[C@H]2[C@@H]3CCC4=CC(=O)C=C[C@]4(C)[C@@]3(Cl)C(O)C[C@@]21C. The lowest BCUT2D eigenvalue weighted by molar-refractivity contribution is -0.181. The molecule has 0 bridgehead atoms. The van der Waals surface area contributed by atoms with Crippen LogP contribution in [0.25, 0.3) is 0 Å². The molecule has 4 aliphatic carbocycles. The third-order valence-electron chi connectivity index (χ3n) is 9.45. The van der Waals surface area contributed by atoms with Gasteiger partial charge < -0.3 is 19.3 Å². The second-order valence-corrected chi connectivity index (χ2v) is 11.6. The van der Waals surface area contributed by atoms with Gasteiger partial charge in [-0.1, -0.05) is 32.4 Å². The number of hydrogen-bond donors (Lipinski definition) is 1. The average molecular weight is 523 g/mol. The molecule has 0 radical (unpaired) electrons. The third-order valence-corrected chi connectivity index (χ3v) is 10.4. The molecule has 4 aliphatic rings. The van der Waals surface area contributed by atoms with Crippen LogP contribution in [0.3, 0.4) is 0 Å². The molecule has 7 atom stereocenters. The second kappa shape index (κ2) is 9.28. The molecular formula is C27H35ClO8. The van der Waals surface area contributed by atoms with Crippen molar-refractivity contribution in [3.8, 4) is 0 Å². The van der Waals surface area contributed by atoms with Crippen LogP contribution in [0.1, 0.15) is 65.7 Å². The minimum atomic E-state index is -1.63. The number of ether oxygens (including phenoxy) is 3. The summed E-state index contributed by atoms with van der Waals surface area (Å²) in [5.41, 5.74) is -2.44. The van der Waals surface area contributed by atoms with E-state index in [1.165, 1.54) is 13.2 Å². The Morgan fingerprint density at radius 1 is 1.19 bits per heavy atom. The Kier molecular flexibility index (Phi) is 6.92. The van der Waals surface area contributed by atoms with E-state index in [0.29, 0.717) is 25.7 Å². The van der Waals surface area contributed by atoms with Crippen LogP contribution in [0.4, 0.5) is 4.79 Å². The number of halogens is 1. The Morgan fingerprint density at radius 2 is 1.92 bits per heavy atom. The van der Waals surface area contributed by atoms with Crippen molar-refractivity contribution in [1.82, 2.24) is 0 Å². The van der Waals surface area contributed by atoms with Crippen molar-refractivity contribution in [2.24, 2.45) is 22.7 Å². The molecule has 3 fully saturated rings. The number of ketones is 2. The van der Waals surface area contributed by atoms with Crippen LogP contribution in [-0.2, 0) is 28.6 Å². The first-order valence-corrected chi connectivity index (χ1v) is 13.0. The van der Waals surface area contributed by atoms with Crippen molar-refractivity contribution in [2.45, 2.75) is 82.3 Å². The van der Waals surface area contributed by atoms with Gasteiger partial charge in [0, 0.05) is 17.3 Å². The molecule has 1 N–H and O–H groups in total. The van der Waals surface area contributed by atoms with Gasteiger partial charge in [0.05, 0.1) is 18.1 Å². The maximum atomic E-state index is 13.7. The topological polar surface area (TPSA) is 116 Å². The summed E-state index contributed by atoms with van der Waals surface area (Å²) in [4.78, 5) is 49.0. The first kappa shape index (κ1) is 26.9. The minimum absolute atomic E-state index is 0.0912. The molecule has 0 amide bonds. The summed E-state index contributed by atoms with van der Waals surface area (Å²) in [6, 6.07) is 0. The average Bonchev–Trinajstić information content (AvgIpc) is 3.11. The number of fused-ring (bicyclic) bond motifs is 5. The lowest BCUT2D eigenvalue weighted by Crippen LogP contribution is -2.69. The summed E-state index contributed by atoms with van der Waals surface area (Å²) in [5.74, 6) is -1.50. The lowest BCUT2D eigenvalue weighted by atomic mass is 9.45. The molecule has 8 nitrogen and oxygen atoms in total. The molecule has 0 spiro atoms. The third kappa shape index (κ3) is 3.66. The Labute approximate surface area is 216 Å². The van der Waals surface area contributed by atoms with Gasteiger partial charge >= 0.3 is 12.1 Å². The van der Waals surface area contributed by atoms with E-state index in [9.17, 15) is 24.3 Å². The number of esters is 1. The Morgan fingerprint density at radius 3 is 2.58 bits per heavy atom. The first-order valence-electron chi connectivity index (χ1n) is 12.7. The highest BCUT2D eigenvalue weighted by Gasteiger charge is 2.74. The van der Waals surface area contributed by atoms with E-state index >= 15 is 0 Å². The fourth-order valence-electron chi connectivity index (χ4n) is 7.60. The summed E-state index contributed by atoms with van der Waals surface area (Å²) < 4.78 is 15.7. The van der Waals surface area contributed by atoms with Crippen molar-refractivity contribution < 1.29 is 38.5 Å². The van der Waals surface area contributed by atoms with Gasteiger partial charge in [0.15, 0.2) is 18.0 Å². The summed E-state index contributed by atoms with van der Waals surface area (Å²) in [7, 11) is 1.17. The normalized spacial score (nSPS) is 40.9. The van der Waals surface area contributed by atoms with Crippen molar-refractivity contribution in [3.05, 3.63) is 23.8 Å². The lowest BCUT2D eigenvalue weighted by Gasteiger charge is -2.63. The van der Waals surface area contributed by atoms with E-state index in [4.69, 9.17) is 25.8 Å². The minimum Gasteiger partial charge on any atom is -0.457 e. The van der Waals surface area contributed by atoms with Gasteiger partial charge in [-0.2, -0.15) is 0 Å². The van der Waals surface area contributed by atoms with E-state index in [-0.39, 0.29) is 36.9 Å². The van der Waals surface area contributed by atoms with Gasteiger partial charge in [0.25, 0.3) is 0 Å². The number of aliphatic hydroxyl groups excluding tert-OH is 1. The highest BCUT2D eigenvalue weighted by Crippen LogP contribution is 2.71. The van der Waals surface area contributed by atoms with Gasteiger partial charge in [-0.15, -0.1) is 11.6 Å². The molecular weight excluding hydrogens is 488 g/mol. The maximum absolute atomic E-state index is 13.7. The molecule has 0 aromatic carbocycles. The van der Waals surface area contributed by atoms with E-state index in [1.807, 2.05) is 20.8 Å². The van der Waals surface area contributed by atoms with Crippen LogP contribution >= 0.6 is 11.6 Å². The molecule has 4 rings (SSSR count). The van der Waals surface area contributed by atoms with Crippen LogP contribution in [0.2, 0.25) is 0 Å². The number of hydrogen-bond acceptors (Lipinski definition) is 8. The number of carbonyl (C=O) groups excluding carboxylic acids is 4. The van der Waals surface area contributed by atoms with E-state index in [1.54, 1.807) is 12.2 Å². The highest BCUT2D eigenvalue weighted by atomic mass is 35.5. The molecule has 3 saturated carbocycles. The zero-order valence-electron chi connectivity index (χ0n) is 21.3. The summed E-state index contributed by atoms with van der Waals surface area (Å²) >= 11 is 7.42. The van der Waals surface area contributed by atoms with Crippen molar-refractivity contribution >= 4 is 35.3 Å². The Balaban J connectivity index is 1.73. The molecule has 36 heavy (non-hydrogen) atoms. The largest absolute Gasteiger partial charge is 0.509 e. The predicted molar refractivity (Wildman–Crippen MR) is 130 cm³/mol.